The van der Waals surface area contributed by atoms with Gasteiger partial charge in [-0.05, 0) is 97.9 Å². The van der Waals surface area contributed by atoms with Gasteiger partial charge in [0.2, 0.25) is 0 Å². The summed E-state index contributed by atoms with van der Waals surface area (Å²) in [6, 6.07) is 35.2. The van der Waals surface area contributed by atoms with Crippen molar-refractivity contribution in [3.63, 3.8) is 0 Å². The second-order valence-corrected chi connectivity index (χ2v) is 13.0. The van der Waals surface area contributed by atoms with Crippen molar-refractivity contribution in [2.75, 3.05) is 0 Å². The standard InChI is InChI=1S/C43H30N6O/c1-25-19-26(2)39(27(3)20-25)37-24-49-41-33(11-7-18-45-41)31-15-13-29(21-34(31)43(49)47-37)50-30-14-16-32-35(22-30)42-46-36(28-9-5-4-6-10-28)23-48(42)38-12-8-17-44-40(32)38/h4-24H,1-3H3. The van der Waals surface area contributed by atoms with Crippen LogP contribution in [0.25, 0.3) is 77.4 Å². The number of pyridine rings is 4. The minimum atomic E-state index is 0.715. The van der Waals surface area contributed by atoms with Gasteiger partial charge in [0.25, 0.3) is 0 Å². The molecule has 0 N–H and O–H groups in total. The molecule has 0 saturated heterocycles. The van der Waals surface area contributed by atoms with E-state index in [2.05, 4.69) is 103 Å². The van der Waals surface area contributed by atoms with Crippen molar-refractivity contribution in [2.45, 2.75) is 20.8 Å². The monoisotopic (exact) mass is 646 g/mol. The van der Waals surface area contributed by atoms with E-state index >= 15 is 0 Å². The number of fused-ring (bicyclic) bond motifs is 12. The third kappa shape index (κ3) is 4.30. The summed E-state index contributed by atoms with van der Waals surface area (Å²) in [7, 11) is 0. The summed E-state index contributed by atoms with van der Waals surface area (Å²) in [5, 5.41) is 5.13. The average Bonchev–Trinajstić information content (AvgIpc) is 3.78. The number of hydrogen-bond donors (Lipinski definition) is 0. The summed E-state index contributed by atoms with van der Waals surface area (Å²) in [4.78, 5) is 19.9. The van der Waals surface area contributed by atoms with Crippen LogP contribution in [0.1, 0.15) is 16.7 Å². The van der Waals surface area contributed by atoms with Crippen LogP contribution < -0.4 is 4.74 Å². The lowest BCUT2D eigenvalue weighted by Crippen LogP contribution is -1.94. The Balaban J connectivity index is 1.14. The summed E-state index contributed by atoms with van der Waals surface area (Å²) >= 11 is 0. The van der Waals surface area contributed by atoms with Crippen molar-refractivity contribution < 1.29 is 4.74 Å². The van der Waals surface area contributed by atoms with E-state index < -0.39 is 0 Å². The van der Waals surface area contributed by atoms with Crippen LogP contribution in [0.2, 0.25) is 0 Å². The topological polar surface area (TPSA) is 69.6 Å². The molecule has 0 atom stereocenters. The van der Waals surface area contributed by atoms with E-state index in [1.165, 1.54) is 16.7 Å². The summed E-state index contributed by atoms with van der Waals surface area (Å²) in [5.74, 6) is 1.43. The molecule has 7 heteroatoms. The molecule has 238 valence electrons. The van der Waals surface area contributed by atoms with Crippen molar-refractivity contribution in [1.29, 1.82) is 0 Å². The molecule has 6 aromatic heterocycles. The lowest BCUT2D eigenvalue weighted by atomic mass is 9.98. The Morgan fingerprint density at radius 3 is 1.98 bits per heavy atom. The van der Waals surface area contributed by atoms with Crippen molar-refractivity contribution in [3.05, 3.63) is 145 Å². The number of imidazole rings is 2. The second kappa shape index (κ2) is 10.7. The zero-order valence-electron chi connectivity index (χ0n) is 27.7. The molecule has 6 heterocycles. The van der Waals surface area contributed by atoms with Gasteiger partial charge in [0.05, 0.1) is 22.4 Å². The van der Waals surface area contributed by atoms with Gasteiger partial charge in [0.1, 0.15) is 28.4 Å². The number of ether oxygens (including phenoxy) is 1. The second-order valence-electron chi connectivity index (χ2n) is 13.0. The molecule has 0 aliphatic rings. The maximum atomic E-state index is 6.64. The summed E-state index contributed by atoms with van der Waals surface area (Å²) < 4.78 is 10.9. The Bertz CT molecular complexity index is 2970. The summed E-state index contributed by atoms with van der Waals surface area (Å²) in [5.41, 5.74) is 12.2. The zero-order valence-corrected chi connectivity index (χ0v) is 27.7. The van der Waals surface area contributed by atoms with Crippen LogP contribution >= 0.6 is 0 Å². The minimum Gasteiger partial charge on any atom is -0.457 e. The Hall–Kier alpha value is -6.60. The van der Waals surface area contributed by atoms with Gasteiger partial charge in [-0.1, -0.05) is 48.0 Å². The lowest BCUT2D eigenvalue weighted by molar-refractivity contribution is 0.484. The maximum Gasteiger partial charge on any atom is 0.147 e. The Kier molecular flexibility index (Phi) is 6.08. The first kappa shape index (κ1) is 28.4. The Morgan fingerprint density at radius 1 is 0.520 bits per heavy atom. The Morgan fingerprint density at radius 2 is 1.18 bits per heavy atom. The number of aryl methyl sites for hydroxylation is 3. The van der Waals surface area contributed by atoms with E-state index in [-0.39, 0.29) is 0 Å². The smallest absolute Gasteiger partial charge is 0.147 e. The SMILES string of the molecule is Cc1cc(C)c(-c2cn3c4ncccc4c4ccc(Oc5ccc6c(c5)c5nc(-c7ccccc7)cn5c5cccnc65)cc4c3n2)c(C)c1. The molecule has 0 aliphatic carbocycles. The number of benzene rings is 4. The number of hydrogen-bond acceptors (Lipinski definition) is 5. The number of rotatable bonds is 4. The van der Waals surface area contributed by atoms with Gasteiger partial charge >= 0.3 is 0 Å². The molecule has 0 aliphatic heterocycles. The normalized spacial score (nSPS) is 11.9. The highest BCUT2D eigenvalue weighted by Gasteiger charge is 2.18. The van der Waals surface area contributed by atoms with Gasteiger partial charge in [-0.3, -0.25) is 13.8 Å². The minimum absolute atomic E-state index is 0.715. The van der Waals surface area contributed by atoms with Gasteiger partial charge in [-0.25, -0.2) is 15.0 Å². The van der Waals surface area contributed by atoms with Crippen LogP contribution in [0, 0.1) is 20.8 Å². The third-order valence-corrected chi connectivity index (χ3v) is 9.72. The maximum absolute atomic E-state index is 6.64. The molecule has 0 radical (unpaired) electrons. The first-order chi connectivity index (χ1) is 24.5. The molecule has 10 aromatic rings. The zero-order chi connectivity index (χ0) is 33.5. The third-order valence-electron chi connectivity index (χ3n) is 9.72. The molecular formula is C43H30N6O. The van der Waals surface area contributed by atoms with Crippen LogP contribution in [0.5, 0.6) is 11.5 Å². The van der Waals surface area contributed by atoms with Gasteiger partial charge in [-0.2, -0.15) is 0 Å². The number of aromatic nitrogens is 6. The van der Waals surface area contributed by atoms with E-state index in [0.29, 0.717) is 5.75 Å². The van der Waals surface area contributed by atoms with E-state index in [4.69, 9.17) is 24.7 Å². The fraction of sp³-hybridized carbons (Fsp3) is 0.0698. The highest BCUT2D eigenvalue weighted by Crippen LogP contribution is 2.38. The predicted molar refractivity (Wildman–Crippen MR) is 201 cm³/mol. The molecule has 0 unspecified atom stereocenters. The fourth-order valence-electron chi connectivity index (χ4n) is 7.66. The van der Waals surface area contributed by atoms with Gasteiger partial charge in [0.15, 0.2) is 0 Å². The van der Waals surface area contributed by atoms with E-state index in [0.717, 1.165) is 83.2 Å². The highest BCUT2D eigenvalue weighted by atomic mass is 16.5. The first-order valence-electron chi connectivity index (χ1n) is 16.7. The summed E-state index contributed by atoms with van der Waals surface area (Å²) in [6.45, 7) is 6.44. The van der Waals surface area contributed by atoms with Crippen molar-refractivity contribution in [1.82, 2.24) is 28.7 Å². The Labute approximate surface area is 287 Å². The van der Waals surface area contributed by atoms with E-state index in [1.807, 2.05) is 54.9 Å². The molecule has 0 fully saturated rings. The molecule has 4 aromatic carbocycles. The highest BCUT2D eigenvalue weighted by molar-refractivity contribution is 6.12. The van der Waals surface area contributed by atoms with Gasteiger partial charge in [0, 0.05) is 57.5 Å². The first-order valence-corrected chi connectivity index (χ1v) is 16.7. The van der Waals surface area contributed by atoms with Crippen LogP contribution in [0.15, 0.2) is 128 Å². The molecule has 0 amide bonds. The predicted octanol–water partition coefficient (Wildman–Crippen LogP) is 10.4. The average molecular weight is 647 g/mol. The molecule has 10 rings (SSSR count). The van der Waals surface area contributed by atoms with Crippen LogP contribution in [0.3, 0.4) is 0 Å². The van der Waals surface area contributed by atoms with Gasteiger partial charge in [-0.15, -0.1) is 0 Å². The van der Waals surface area contributed by atoms with Crippen molar-refractivity contribution >= 4 is 54.9 Å². The largest absolute Gasteiger partial charge is 0.457 e. The van der Waals surface area contributed by atoms with E-state index in [1.54, 1.807) is 0 Å². The fourth-order valence-corrected chi connectivity index (χ4v) is 7.66. The number of nitrogens with zero attached hydrogens (tertiary/aromatic N) is 6. The lowest BCUT2D eigenvalue weighted by Gasteiger charge is -2.12. The molecule has 0 spiro atoms. The van der Waals surface area contributed by atoms with Crippen LogP contribution in [-0.4, -0.2) is 28.7 Å². The van der Waals surface area contributed by atoms with Crippen LogP contribution in [-0.2, 0) is 0 Å². The van der Waals surface area contributed by atoms with Crippen LogP contribution in [0.4, 0.5) is 0 Å². The molecule has 7 nitrogen and oxygen atoms in total. The van der Waals surface area contributed by atoms with Crippen molar-refractivity contribution in [3.8, 4) is 34.0 Å². The molecule has 0 bridgehead atoms. The molecule has 0 saturated carbocycles. The van der Waals surface area contributed by atoms with E-state index in [9.17, 15) is 0 Å². The van der Waals surface area contributed by atoms with Crippen molar-refractivity contribution in [2.24, 2.45) is 0 Å². The van der Waals surface area contributed by atoms with Gasteiger partial charge < -0.3 is 4.74 Å². The summed E-state index contributed by atoms with van der Waals surface area (Å²) in [6.07, 6.45) is 7.88. The molecular weight excluding hydrogens is 617 g/mol. The molecule has 50 heavy (non-hydrogen) atoms. The quantitative estimate of drug-likeness (QED) is 0.178.